The van der Waals surface area contributed by atoms with Gasteiger partial charge in [-0.25, -0.2) is 4.68 Å². The number of hydrogen-bond donors (Lipinski definition) is 3. The Labute approximate surface area is 164 Å². The number of aryl methyl sites for hydroxylation is 1. The number of primary amides is 1. The Balaban J connectivity index is 1.79. The van der Waals surface area contributed by atoms with E-state index < -0.39 is 5.91 Å². The van der Waals surface area contributed by atoms with Crippen LogP contribution in [0.25, 0.3) is 5.69 Å². The van der Waals surface area contributed by atoms with Crippen molar-refractivity contribution in [3.8, 4) is 5.69 Å². The second-order valence-corrected chi connectivity index (χ2v) is 8.69. The van der Waals surface area contributed by atoms with Crippen LogP contribution in [0.4, 0.5) is 5.69 Å². The normalized spacial score (nSPS) is 20.8. The standard InChI is InChI=1S/C21H27N5O2/c1-12-19-17(9-21(2,3)10-18(19)27)26(25-12)14-4-5-15(20(22)28)16(8-14)24-13-6-7-23-11-13/h4-5,8,13,23-24H,6-7,9-11H2,1-3H3,(H2,22,28). The van der Waals surface area contributed by atoms with Crippen molar-refractivity contribution in [3.05, 3.63) is 40.7 Å². The van der Waals surface area contributed by atoms with Crippen LogP contribution >= 0.6 is 0 Å². The molecule has 1 unspecified atom stereocenters. The first kappa shape index (κ1) is 18.7. The van der Waals surface area contributed by atoms with Gasteiger partial charge in [0.25, 0.3) is 5.91 Å². The molecule has 4 N–H and O–H groups in total. The number of ketones is 1. The smallest absolute Gasteiger partial charge is 0.250 e. The fourth-order valence-corrected chi connectivity index (χ4v) is 4.35. The summed E-state index contributed by atoms with van der Waals surface area (Å²) in [5.41, 5.74) is 9.93. The summed E-state index contributed by atoms with van der Waals surface area (Å²) < 4.78 is 1.85. The number of benzene rings is 1. The van der Waals surface area contributed by atoms with Gasteiger partial charge in [0.05, 0.1) is 28.2 Å². The summed E-state index contributed by atoms with van der Waals surface area (Å²) in [5.74, 6) is -0.311. The second kappa shape index (κ2) is 6.74. The first-order valence-electron chi connectivity index (χ1n) is 9.78. The highest BCUT2D eigenvalue weighted by Crippen LogP contribution is 2.37. The summed E-state index contributed by atoms with van der Waals surface area (Å²) in [6.07, 6.45) is 2.30. The number of aromatic nitrogens is 2. The molecule has 4 rings (SSSR count). The Morgan fingerprint density at radius 2 is 2.14 bits per heavy atom. The molecule has 1 atom stereocenters. The lowest BCUT2D eigenvalue weighted by Gasteiger charge is -2.29. The predicted molar refractivity (Wildman–Crippen MR) is 108 cm³/mol. The molecule has 0 saturated carbocycles. The van der Waals surface area contributed by atoms with Crippen molar-refractivity contribution in [2.24, 2.45) is 11.1 Å². The predicted octanol–water partition coefficient (Wildman–Crippen LogP) is 2.21. The third kappa shape index (κ3) is 3.30. The van der Waals surface area contributed by atoms with Crippen molar-refractivity contribution in [1.29, 1.82) is 0 Å². The third-order valence-electron chi connectivity index (χ3n) is 5.65. The van der Waals surface area contributed by atoms with Crippen molar-refractivity contribution >= 4 is 17.4 Å². The third-order valence-corrected chi connectivity index (χ3v) is 5.65. The molecule has 2 aromatic rings. The number of nitrogens with one attached hydrogen (secondary N) is 2. The van der Waals surface area contributed by atoms with Gasteiger partial charge < -0.3 is 16.4 Å². The number of fused-ring (bicyclic) bond motifs is 1. The highest BCUT2D eigenvalue weighted by molar-refractivity contribution is 6.00. The molecule has 1 aliphatic heterocycles. The van der Waals surface area contributed by atoms with Crippen LogP contribution < -0.4 is 16.4 Å². The van der Waals surface area contributed by atoms with Gasteiger partial charge in [0.15, 0.2) is 5.78 Å². The minimum absolute atomic E-state index is 0.0991. The quantitative estimate of drug-likeness (QED) is 0.754. The summed E-state index contributed by atoms with van der Waals surface area (Å²) >= 11 is 0. The molecule has 1 aromatic carbocycles. The van der Waals surface area contributed by atoms with E-state index in [4.69, 9.17) is 5.73 Å². The van der Waals surface area contributed by atoms with Crippen molar-refractivity contribution in [2.75, 3.05) is 18.4 Å². The maximum atomic E-state index is 12.7. The number of nitrogens with two attached hydrogens (primary N) is 1. The lowest BCUT2D eigenvalue weighted by molar-refractivity contribution is 0.0909. The number of hydrogen-bond acceptors (Lipinski definition) is 5. The molecule has 148 valence electrons. The number of rotatable bonds is 4. The first-order valence-corrected chi connectivity index (χ1v) is 9.78. The maximum absolute atomic E-state index is 12.7. The topological polar surface area (TPSA) is 102 Å². The fourth-order valence-electron chi connectivity index (χ4n) is 4.35. The van der Waals surface area contributed by atoms with Crippen LogP contribution in [0.15, 0.2) is 18.2 Å². The van der Waals surface area contributed by atoms with Crippen LogP contribution in [0, 0.1) is 12.3 Å². The minimum Gasteiger partial charge on any atom is -0.380 e. The van der Waals surface area contributed by atoms with Crippen LogP contribution in [0.2, 0.25) is 0 Å². The SMILES string of the molecule is Cc1nn(-c2ccc(C(N)=O)c(NC3CCNC3)c2)c2c1C(=O)CC(C)(C)C2. The molecule has 0 spiro atoms. The number of Topliss-reactive ketones (excluding diaryl/α,β-unsaturated/α-hetero) is 1. The molecule has 0 bridgehead atoms. The van der Waals surface area contributed by atoms with E-state index in [0.717, 1.165) is 48.6 Å². The van der Waals surface area contributed by atoms with Crippen molar-refractivity contribution in [3.63, 3.8) is 0 Å². The molecule has 1 saturated heterocycles. The summed E-state index contributed by atoms with van der Waals surface area (Å²) in [5, 5.41) is 11.4. The van der Waals surface area contributed by atoms with Crippen molar-refractivity contribution < 1.29 is 9.59 Å². The Morgan fingerprint density at radius 1 is 1.36 bits per heavy atom. The molecule has 0 radical (unpaired) electrons. The molecule has 1 aromatic heterocycles. The Kier molecular flexibility index (Phi) is 4.50. The van der Waals surface area contributed by atoms with Crippen molar-refractivity contribution in [1.82, 2.24) is 15.1 Å². The van der Waals surface area contributed by atoms with E-state index in [1.165, 1.54) is 0 Å². The molecule has 7 nitrogen and oxygen atoms in total. The summed E-state index contributed by atoms with van der Waals surface area (Å²) in [7, 11) is 0. The van der Waals surface area contributed by atoms with Gasteiger partial charge in [-0.15, -0.1) is 0 Å². The number of nitrogens with zero attached hydrogens (tertiary/aromatic N) is 2. The van der Waals surface area contributed by atoms with E-state index in [1.54, 1.807) is 6.07 Å². The molecular formula is C21H27N5O2. The highest BCUT2D eigenvalue weighted by Gasteiger charge is 2.35. The van der Waals surface area contributed by atoms with Crippen LogP contribution in [0.3, 0.4) is 0 Å². The zero-order chi connectivity index (χ0) is 20.1. The molecule has 2 heterocycles. The van der Waals surface area contributed by atoms with E-state index in [-0.39, 0.29) is 17.2 Å². The van der Waals surface area contributed by atoms with Gasteiger partial charge in [0.1, 0.15) is 0 Å². The summed E-state index contributed by atoms with van der Waals surface area (Å²) in [4.78, 5) is 24.6. The van der Waals surface area contributed by atoms with Crippen LogP contribution in [-0.2, 0) is 6.42 Å². The zero-order valence-electron chi connectivity index (χ0n) is 16.6. The lowest BCUT2D eigenvalue weighted by atomic mass is 9.75. The average Bonchev–Trinajstić information content (AvgIpc) is 3.21. The monoisotopic (exact) mass is 381 g/mol. The van der Waals surface area contributed by atoms with Crippen LogP contribution in [-0.4, -0.2) is 40.6 Å². The first-order chi connectivity index (χ1) is 13.2. The van der Waals surface area contributed by atoms with Gasteiger partial charge in [0, 0.05) is 24.7 Å². The van der Waals surface area contributed by atoms with Crippen molar-refractivity contribution in [2.45, 2.75) is 46.1 Å². The molecule has 1 fully saturated rings. The summed E-state index contributed by atoms with van der Waals surface area (Å²) in [6.45, 7) is 7.90. The highest BCUT2D eigenvalue weighted by atomic mass is 16.1. The molecule has 1 aliphatic carbocycles. The van der Waals surface area contributed by atoms with E-state index in [0.29, 0.717) is 17.7 Å². The van der Waals surface area contributed by atoms with Gasteiger partial charge in [-0.3, -0.25) is 9.59 Å². The molecule has 2 aliphatic rings. The Bertz CT molecular complexity index is 954. The lowest BCUT2D eigenvalue weighted by Crippen LogP contribution is -2.28. The number of carbonyl (C=O) groups is 2. The average molecular weight is 381 g/mol. The van der Waals surface area contributed by atoms with Crippen LogP contribution in [0.1, 0.15) is 58.8 Å². The fraction of sp³-hybridized carbons (Fsp3) is 0.476. The number of carbonyl (C=O) groups excluding carboxylic acids is 2. The number of anilines is 1. The largest absolute Gasteiger partial charge is 0.380 e. The van der Waals surface area contributed by atoms with Gasteiger partial charge >= 0.3 is 0 Å². The summed E-state index contributed by atoms with van der Waals surface area (Å²) in [6, 6.07) is 5.75. The Hall–Kier alpha value is -2.67. The molecule has 1 amide bonds. The maximum Gasteiger partial charge on any atom is 0.250 e. The van der Waals surface area contributed by atoms with Gasteiger partial charge in [-0.2, -0.15) is 5.10 Å². The molecular weight excluding hydrogens is 354 g/mol. The van der Waals surface area contributed by atoms with E-state index in [2.05, 4.69) is 29.6 Å². The Morgan fingerprint density at radius 3 is 2.82 bits per heavy atom. The number of amides is 1. The molecule has 28 heavy (non-hydrogen) atoms. The van der Waals surface area contributed by atoms with E-state index in [9.17, 15) is 9.59 Å². The minimum atomic E-state index is -0.463. The van der Waals surface area contributed by atoms with Gasteiger partial charge in [-0.05, 0) is 49.9 Å². The molecule has 7 heteroatoms. The van der Waals surface area contributed by atoms with E-state index in [1.807, 2.05) is 23.7 Å². The van der Waals surface area contributed by atoms with E-state index >= 15 is 0 Å². The van der Waals surface area contributed by atoms with Crippen LogP contribution in [0.5, 0.6) is 0 Å². The second-order valence-electron chi connectivity index (χ2n) is 8.69. The zero-order valence-corrected chi connectivity index (χ0v) is 16.6. The van der Waals surface area contributed by atoms with Gasteiger partial charge in [-0.1, -0.05) is 13.8 Å². The van der Waals surface area contributed by atoms with Gasteiger partial charge in [0.2, 0.25) is 0 Å².